The molecule has 5 rings (SSSR count). The monoisotopic (exact) mass is 372 g/mol. The summed E-state index contributed by atoms with van der Waals surface area (Å²) in [6, 6.07) is 18.9. The summed E-state index contributed by atoms with van der Waals surface area (Å²) in [5.74, 6) is 1.56. The van der Waals surface area contributed by atoms with E-state index in [0.29, 0.717) is 5.92 Å². The molecule has 3 aromatic rings. The third-order valence-corrected chi connectivity index (χ3v) is 5.85. The normalized spacial score (nSPS) is 20.2. The first-order valence-corrected chi connectivity index (χ1v) is 10.1. The van der Waals surface area contributed by atoms with E-state index >= 15 is 0 Å². The van der Waals surface area contributed by atoms with Gasteiger partial charge < -0.3 is 14.5 Å². The van der Waals surface area contributed by atoms with Crippen LogP contribution < -0.4 is 9.80 Å². The highest BCUT2D eigenvalue weighted by molar-refractivity contribution is 5.91. The van der Waals surface area contributed by atoms with Gasteiger partial charge in [-0.15, -0.1) is 0 Å². The van der Waals surface area contributed by atoms with Crippen LogP contribution in [0.5, 0.6) is 0 Å². The molecule has 0 bridgehead atoms. The van der Waals surface area contributed by atoms with Gasteiger partial charge in [0.05, 0.1) is 18.7 Å². The van der Waals surface area contributed by atoms with Gasteiger partial charge in [0, 0.05) is 43.2 Å². The smallest absolute Gasteiger partial charge is 0.139 e. The maximum atomic E-state index is 5.48. The predicted octanol–water partition coefficient (Wildman–Crippen LogP) is 3.45. The molecular weight excluding hydrogens is 348 g/mol. The number of hydrogen-bond donors (Lipinski definition) is 0. The summed E-state index contributed by atoms with van der Waals surface area (Å²) in [4.78, 5) is 14.0. The fourth-order valence-corrected chi connectivity index (χ4v) is 4.36. The fraction of sp³-hybridized carbons (Fsp3) is 0.391. The van der Waals surface area contributed by atoms with Gasteiger partial charge in [-0.05, 0) is 54.8 Å². The standard InChI is InChI=1S/C23H24N4O/c1-2-5-18(6-3-1)19-7-4-10-27(16-19)23-21-9-8-20(15-22(21)24-17-25-23)26-11-13-28-14-12-26/h2,5-6,8-9,15,17,19H,4,7,10-14,16H2. The summed E-state index contributed by atoms with van der Waals surface area (Å²) in [6.45, 7) is 5.46. The van der Waals surface area contributed by atoms with E-state index < -0.39 is 0 Å². The lowest BCUT2D eigenvalue weighted by Gasteiger charge is -2.34. The van der Waals surface area contributed by atoms with Gasteiger partial charge in [-0.1, -0.05) is 12.1 Å². The van der Waals surface area contributed by atoms with Crippen LogP contribution in [0.3, 0.4) is 0 Å². The van der Waals surface area contributed by atoms with Crippen molar-refractivity contribution < 1.29 is 4.74 Å². The molecule has 2 saturated heterocycles. The first kappa shape index (κ1) is 17.3. The lowest BCUT2D eigenvalue weighted by Crippen LogP contribution is -2.36. The number of anilines is 2. The third-order valence-electron chi connectivity index (χ3n) is 5.85. The minimum absolute atomic E-state index is 0.511. The highest BCUT2D eigenvalue weighted by Crippen LogP contribution is 2.33. The van der Waals surface area contributed by atoms with Gasteiger partial charge in [-0.3, -0.25) is 0 Å². The summed E-state index contributed by atoms with van der Waals surface area (Å²) >= 11 is 0. The van der Waals surface area contributed by atoms with E-state index in [1.165, 1.54) is 24.1 Å². The molecule has 0 spiro atoms. The zero-order valence-electron chi connectivity index (χ0n) is 16.0. The average molecular weight is 372 g/mol. The number of piperidine rings is 1. The van der Waals surface area contributed by atoms with Crippen molar-refractivity contribution in [2.45, 2.75) is 18.8 Å². The maximum Gasteiger partial charge on any atom is 0.139 e. The average Bonchev–Trinajstić information content (AvgIpc) is 2.79. The van der Waals surface area contributed by atoms with E-state index in [-0.39, 0.29) is 0 Å². The third kappa shape index (κ3) is 3.36. The van der Waals surface area contributed by atoms with E-state index in [9.17, 15) is 0 Å². The second kappa shape index (κ2) is 7.65. The van der Waals surface area contributed by atoms with Crippen molar-refractivity contribution in [3.05, 3.63) is 60.4 Å². The van der Waals surface area contributed by atoms with E-state index in [2.05, 4.69) is 62.2 Å². The zero-order chi connectivity index (χ0) is 18.8. The number of ether oxygens (including phenoxy) is 1. The molecule has 5 nitrogen and oxygen atoms in total. The van der Waals surface area contributed by atoms with Crippen LogP contribution in [0, 0.1) is 12.1 Å². The second-order valence-corrected chi connectivity index (χ2v) is 7.55. The lowest BCUT2D eigenvalue weighted by atomic mass is 9.91. The molecule has 2 fully saturated rings. The molecule has 2 aliphatic heterocycles. The molecule has 0 radical (unpaired) electrons. The van der Waals surface area contributed by atoms with Crippen molar-refractivity contribution in [2.75, 3.05) is 49.2 Å². The molecular formula is C23H24N4O. The van der Waals surface area contributed by atoms with Crippen LogP contribution in [-0.2, 0) is 4.74 Å². The first-order valence-electron chi connectivity index (χ1n) is 10.1. The number of hydrogen-bond acceptors (Lipinski definition) is 5. The first-order chi connectivity index (χ1) is 13.9. The van der Waals surface area contributed by atoms with Gasteiger partial charge in [-0.25, -0.2) is 9.97 Å². The van der Waals surface area contributed by atoms with E-state index in [1.54, 1.807) is 6.33 Å². The highest BCUT2D eigenvalue weighted by Gasteiger charge is 2.24. The Balaban J connectivity index is 1.43. The summed E-state index contributed by atoms with van der Waals surface area (Å²) in [6.07, 6.45) is 4.08. The Morgan fingerprint density at radius 3 is 2.79 bits per heavy atom. The zero-order valence-corrected chi connectivity index (χ0v) is 16.0. The SMILES string of the molecule is c1ccc(C2CCCN(c3ncnc4cc(N5CCOCC5)ccc34)C2)cc#1. The van der Waals surface area contributed by atoms with E-state index in [1.807, 2.05) is 6.07 Å². The van der Waals surface area contributed by atoms with Crippen molar-refractivity contribution >= 4 is 22.4 Å². The molecule has 1 aromatic heterocycles. The Kier molecular flexibility index (Phi) is 4.72. The Morgan fingerprint density at radius 2 is 1.93 bits per heavy atom. The number of benzene rings is 1. The molecule has 28 heavy (non-hydrogen) atoms. The molecule has 0 N–H and O–H groups in total. The molecule has 2 aromatic carbocycles. The molecule has 1 atom stereocenters. The van der Waals surface area contributed by atoms with Gasteiger partial charge >= 0.3 is 0 Å². The number of morpholine rings is 1. The topological polar surface area (TPSA) is 41.5 Å². The summed E-state index contributed by atoms with van der Waals surface area (Å²) in [5.41, 5.74) is 3.57. The van der Waals surface area contributed by atoms with E-state index in [0.717, 1.165) is 56.1 Å². The second-order valence-electron chi connectivity index (χ2n) is 7.55. The quantitative estimate of drug-likeness (QED) is 0.704. The number of rotatable bonds is 3. The molecule has 0 aliphatic carbocycles. The number of nitrogens with zero attached hydrogens (tertiary/aromatic N) is 4. The van der Waals surface area contributed by atoms with Gasteiger partial charge in [0.15, 0.2) is 0 Å². The van der Waals surface area contributed by atoms with Crippen LogP contribution in [0.25, 0.3) is 10.9 Å². The van der Waals surface area contributed by atoms with Crippen molar-refractivity contribution in [3.8, 4) is 0 Å². The molecule has 3 heterocycles. The Morgan fingerprint density at radius 1 is 1.00 bits per heavy atom. The van der Waals surface area contributed by atoms with Crippen LogP contribution in [0.15, 0.2) is 42.7 Å². The van der Waals surface area contributed by atoms with Gasteiger partial charge in [0.2, 0.25) is 0 Å². The van der Waals surface area contributed by atoms with Crippen LogP contribution in [0.4, 0.5) is 11.5 Å². The van der Waals surface area contributed by atoms with Crippen LogP contribution in [0.1, 0.15) is 24.3 Å². The molecule has 1 unspecified atom stereocenters. The lowest BCUT2D eigenvalue weighted by molar-refractivity contribution is 0.122. The van der Waals surface area contributed by atoms with Crippen LogP contribution in [-0.4, -0.2) is 49.4 Å². The number of fused-ring (bicyclic) bond motifs is 1. The molecule has 0 amide bonds. The van der Waals surface area contributed by atoms with Crippen molar-refractivity contribution in [1.29, 1.82) is 0 Å². The van der Waals surface area contributed by atoms with Crippen LogP contribution >= 0.6 is 0 Å². The van der Waals surface area contributed by atoms with Crippen LogP contribution in [0.2, 0.25) is 0 Å². The van der Waals surface area contributed by atoms with Gasteiger partial charge in [0.1, 0.15) is 12.1 Å². The fourth-order valence-electron chi connectivity index (χ4n) is 4.36. The maximum absolute atomic E-state index is 5.48. The molecule has 142 valence electrons. The van der Waals surface area contributed by atoms with Crippen molar-refractivity contribution in [2.24, 2.45) is 0 Å². The summed E-state index contributed by atoms with van der Waals surface area (Å²) in [5, 5.41) is 1.13. The Labute approximate surface area is 166 Å². The minimum Gasteiger partial charge on any atom is -0.378 e. The number of aromatic nitrogens is 2. The molecule has 5 heteroatoms. The van der Waals surface area contributed by atoms with Crippen molar-refractivity contribution in [3.63, 3.8) is 0 Å². The van der Waals surface area contributed by atoms with Crippen molar-refractivity contribution in [1.82, 2.24) is 9.97 Å². The Bertz CT molecular complexity index is 940. The summed E-state index contributed by atoms with van der Waals surface area (Å²) < 4.78 is 5.48. The Hall–Kier alpha value is -2.84. The predicted molar refractivity (Wildman–Crippen MR) is 111 cm³/mol. The van der Waals surface area contributed by atoms with E-state index in [4.69, 9.17) is 4.74 Å². The molecule has 0 saturated carbocycles. The van der Waals surface area contributed by atoms with Gasteiger partial charge in [0.25, 0.3) is 0 Å². The highest BCUT2D eigenvalue weighted by atomic mass is 16.5. The largest absolute Gasteiger partial charge is 0.378 e. The molecule has 2 aliphatic rings. The minimum atomic E-state index is 0.511. The van der Waals surface area contributed by atoms with Gasteiger partial charge in [-0.2, -0.15) is 0 Å². The summed E-state index contributed by atoms with van der Waals surface area (Å²) in [7, 11) is 0.